The van der Waals surface area contributed by atoms with Gasteiger partial charge < -0.3 is 29.8 Å². The zero-order valence-corrected chi connectivity index (χ0v) is 18.5. The number of aliphatic hydroxyl groups excluding tert-OH is 1. The molecule has 0 aliphatic carbocycles. The molecule has 6 heteroatoms. The summed E-state index contributed by atoms with van der Waals surface area (Å²) in [6.45, 7) is 1.35. The Labute approximate surface area is 194 Å². The Bertz CT molecular complexity index is 941. The molecule has 174 valence electrons. The number of nitrogens with two attached hydrogens (primary N) is 1. The molecule has 33 heavy (non-hydrogen) atoms. The van der Waals surface area contributed by atoms with Crippen molar-refractivity contribution in [2.75, 3.05) is 6.61 Å². The molecule has 1 fully saturated rings. The van der Waals surface area contributed by atoms with E-state index in [0.717, 1.165) is 16.7 Å². The van der Waals surface area contributed by atoms with Gasteiger partial charge in [0.25, 0.3) is 0 Å². The van der Waals surface area contributed by atoms with E-state index in [2.05, 4.69) is 0 Å². The SMILES string of the molecule is N[C@H]1[C@H](OCc2ccccc2)[C@@H](OCc2ccccc2)[C@@H](O)O[C@@H]1COCc1ccccc1. The summed E-state index contributed by atoms with van der Waals surface area (Å²) in [5, 5.41) is 10.8. The van der Waals surface area contributed by atoms with Crippen molar-refractivity contribution in [2.24, 2.45) is 5.73 Å². The average Bonchev–Trinajstić information content (AvgIpc) is 2.86. The molecular weight excluding hydrogens is 418 g/mol. The predicted octanol–water partition coefficient (Wildman–Crippen LogP) is 3.42. The smallest absolute Gasteiger partial charge is 0.184 e. The lowest BCUT2D eigenvalue weighted by Crippen LogP contribution is -2.63. The van der Waals surface area contributed by atoms with Crippen molar-refractivity contribution in [3.8, 4) is 0 Å². The Hall–Kier alpha value is -2.58. The third kappa shape index (κ3) is 6.71. The number of hydrogen-bond acceptors (Lipinski definition) is 6. The van der Waals surface area contributed by atoms with Crippen molar-refractivity contribution in [1.29, 1.82) is 0 Å². The molecule has 5 atom stereocenters. The second kappa shape index (κ2) is 12.0. The zero-order valence-electron chi connectivity index (χ0n) is 18.5. The first kappa shape index (κ1) is 23.6. The van der Waals surface area contributed by atoms with Crippen molar-refractivity contribution < 1.29 is 24.1 Å². The highest BCUT2D eigenvalue weighted by atomic mass is 16.7. The van der Waals surface area contributed by atoms with Crippen LogP contribution in [0.3, 0.4) is 0 Å². The maximum absolute atomic E-state index is 10.8. The molecule has 0 unspecified atom stereocenters. The van der Waals surface area contributed by atoms with Crippen molar-refractivity contribution in [1.82, 2.24) is 0 Å². The fraction of sp³-hybridized carbons (Fsp3) is 0.333. The number of aliphatic hydroxyl groups is 1. The molecule has 1 heterocycles. The quantitative estimate of drug-likeness (QED) is 0.494. The fourth-order valence-corrected chi connectivity index (χ4v) is 3.87. The first-order chi connectivity index (χ1) is 16.2. The van der Waals surface area contributed by atoms with Crippen LogP contribution in [0.5, 0.6) is 0 Å². The summed E-state index contributed by atoms with van der Waals surface area (Å²) in [6.07, 6.45) is -3.00. The van der Waals surface area contributed by atoms with E-state index in [0.29, 0.717) is 19.8 Å². The first-order valence-corrected chi connectivity index (χ1v) is 11.2. The molecule has 1 saturated heterocycles. The van der Waals surface area contributed by atoms with Gasteiger partial charge in [0.05, 0.1) is 32.5 Å². The summed E-state index contributed by atoms with van der Waals surface area (Å²) >= 11 is 0. The molecule has 0 amide bonds. The van der Waals surface area contributed by atoms with E-state index < -0.39 is 30.6 Å². The molecule has 3 aromatic carbocycles. The lowest BCUT2D eigenvalue weighted by molar-refractivity contribution is -0.283. The third-order valence-corrected chi connectivity index (χ3v) is 5.69. The summed E-state index contributed by atoms with van der Waals surface area (Å²) in [5.41, 5.74) is 9.64. The molecule has 1 aliphatic rings. The monoisotopic (exact) mass is 449 g/mol. The van der Waals surface area contributed by atoms with Crippen LogP contribution in [0.4, 0.5) is 0 Å². The second-order valence-corrected chi connectivity index (χ2v) is 8.17. The minimum Gasteiger partial charge on any atom is -0.374 e. The zero-order chi connectivity index (χ0) is 22.9. The van der Waals surface area contributed by atoms with Gasteiger partial charge in [0, 0.05) is 0 Å². The van der Waals surface area contributed by atoms with Gasteiger partial charge in [-0.25, -0.2) is 0 Å². The summed E-state index contributed by atoms with van der Waals surface area (Å²) in [4.78, 5) is 0. The third-order valence-electron chi connectivity index (χ3n) is 5.69. The van der Waals surface area contributed by atoms with E-state index >= 15 is 0 Å². The van der Waals surface area contributed by atoms with Crippen molar-refractivity contribution in [3.05, 3.63) is 108 Å². The van der Waals surface area contributed by atoms with Crippen LogP contribution in [0.15, 0.2) is 91.0 Å². The van der Waals surface area contributed by atoms with Gasteiger partial charge in [-0.05, 0) is 16.7 Å². The molecule has 0 bridgehead atoms. The van der Waals surface area contributed by atoms with E-state index in [1.807, 2.05) is 91.0 Å². The highest BCUT2D eigenvalue weighted by Crippen LogP contribution is 2.26. The molecular formula is C27H31NO5. The van der Waals surface area contributed by atoms with Crippen molar-refractivity contribution >= 4 is 0 Å². The molecule has 0 saturated carbocycles. The summed E-state index contributed by atoms with van der Waals surface area (Å²) in [5.74, 6) is 0. The fourth-order valence-electron chi connectivity index (χ4n) is 3.87. The van der Waals surface area contributed by atoms with Gasteiger partial charge in [0.15, 0.2) is 6.29 Å². The summed E-state index contributed by atoms with van der Waals surface area (Å²) < 4.78 is 23.9. The minimum atomic E-state index is -1.18. The second-order valence-electron chi connectivity index (χ2n) is 8.17. The van der Waals surface area contributed by atoms with Crippen LogP contribution in [0.2, 0.25) is 0 Å². The van der Waals surface area contributed by atoms with Crippen LogP contribution in [0.1, 0.15) is 16.7 Å². The van der Waals surface area contributed by atoms with Crippen LogP contribution in [-0.4, -0.2) is 42.4 Å². The van der Waals surface area contributed by atoms with Gasteiger partial charge in [-0.2, -0.15) is 0 Å². The number of benzene rings is 3. The highest BCUT2D eigenvalue weighted by molar-refractivity contribution is 5.15. The van der Waals surface area contributed by atoms with Gasteiger partial charge in [0.2, 0.25) is 0 Å². The van der Waals surface area contributed by atoms with Gasteiger partial charge in [-0.1, -0.05) is 91.0 Å². The standard InChI is InChI=1S/C27H31NO5/c28-24-23(19-30-16-20-10-4-1-5-11-20)33-27(29)26(32-18-22-14-8-3-9-15-22)25(24)31-17-21-12-6-2-7-13-21/h1-15,23-27,29H,16-19,28H2/t23-,24-,25+,26-,27+/m1/s1. The van der Waals surface area contributed by atoms with E-state index in [1.165, 1.54) is 0 Å². The lowest BCUT2D eigenvalue weighted by atomic mass is 9.96. The normalized spacial score (nSPS) is 25.1. The first-order valence-electron chi connectivity index (χ1n) is 11.2. The van der Waals surface area contributed by atoms with E-state index in [9.17, 15) is 5.11 Å². The lowest BCUT2D eigenvalue weighted by Gasteiger charge is -2.43. The summed E-state index contributed by atoms with van der Waals surface area (Å²) in [7, 11) is 0. The molecule has 3 aromatic rings. The largest absolute Gasteiger partial charge is 0.374 e. The van der Waals surface area contributed by atoms with E-state index in [-0.39, 0.29) is 6.61 Å². The molecule has 0 radical (unpaired) electrons. The minimum absolute atomic E-state index is 0.240. The number of rotatable bonds is 10. The topological polar surface area (TPSA) is 83.2 Å². The Balaban J connectivity index is 1.41. The molecule has 0 spiro atoms. The number of ether oxygens (including phenoxy) is 4. The van der Waals surface area contributed by atoms with Crippen LogP contribution in [0, 0.1) is 0 Å². The highest BCUT2D eigenvalue weighted by Gasteiger charge is 2.45. The maximum Gasteiger partial charge on any atom is 0.184 e. The molecule has 4 rings (SSSR count). The predicted molar refractivity (Wildman–Crippen MR) is 125 cm³/mol. The van der Waals surface area contributed by atoms with E-state index in [1.54, 1.807) is 0 Å². The molecule has 0 aromatic heterocycles. The Morgan fingerprint density at radius 1 is 0.667 bits per heavy atom. The maximum atomic E-state index is 10.8. The van der Waals surface area contributed by atoms with Gasteiger partial charge in [0.1, 0.15) is 18.3 Å². The Morgan fingerprint density at radius 2 is 1.12 bits per heavy atom. The molecule has 3 N–H and O–H groups in total. The van der Waals surface area contributed by atoms with Crippen LogP contribution in [0.25, 0.3) is 0 Å². The van der Waals surface area contributed by atoms with Crippen molar-refractivity contribution in [3.63, 3.8) is 0 Å². The Kier molecular flexibility index (Phi) is 8.60. The average molecular weight is 450 g/mol. The number of hydrogen-bond donors (Lipinski definition) is 2. The van der Waals surface area contributed by atoms with Gasteiger partial charge in [-0.15, -0.1) is 0 Å². The molecule has 1 aliphatic heterocycles. The van der Waals surface area contributed by atoms with E-state index in [4.69, 9.17) is 24.7 Å². The van der Waals surface area contributed by atoms with Gasteiger partial charge >= 0.3 is 0 Å². The van der Waals surface area contributed by atoms with Crippen LogP contribution < -0.4 is 5.73 Å². The van der Waals surface area contributed by atoms with Crippen molar-refractivity contribution in [2.45, 2.75) is 50.5 Å². The Morgan fingerprint density at radius 3 is 1.64 bits per heavy atom. The van der Waals surface area contributed by atoms with Crippen LogP contribution >= 0.6 is 0 Å². The molecule has 6 nitrogen and oxygen atoms in total. The summed E-state index contributed by atoms with van der Waals surface area (Å²) in [6, 6.07) is 29.0. The van der Waals surface area contributed by atoms with Crippen LogP contribution in [-0.2, 0) is 38.8 Å². The van der Waals surface area contributed by atoms with Gasteiger partial charge in [-0.3, -0.25) is 0 Å².